The number of hydrogen-bond acceptors (Lipinski definition) is 5. The minimum Gasteiger partial charge on any atom is -0.493 e. The lowest BCUT2D eigenvalue weighted by atomic mass is 9.88. The first-order valence-electron chi connectivity index (χ1n) is 13.9. The van der Waals surface area contributed by atoms with Gasteiger partial charge in [0.25, 0.3) is 5.89 Å². The van der Waals surface area contributed by atoms with Gasteiger partial charge in [-0.25, -0.2) is 4.39 Å². The summed E-state index contributed by atoms with van der Waals surface area (Å²) in [7, 11) is 0. The molecule has 5 nitrogen and oxygen atoms in total. The quantitative estimate of drug-likeness (QED) is 0.295. The highest BCUT2D eigenvalue weighted by Crippen LogP contribution is 2.50. The van der Waals surface area contributed by atoms with Gasteiger partial charge in [-0.3, -0.25) is 4.98 Å². The fourth-order valence-corrected chi connectivity index (χ4v) is 6.41. The van der Waals surface area contributed by atoms with Crippen molar-refractivity contribution in [1.82, 2.24) is 15.2 Å². The molecule has 2 saturated carbocycles. The Hall–Kier alpha value is -2.47. The molecule has 4 unspecified atom stereocenters. The predicted octanol–water partition coefficient (Wildman–Crippen LogP) is 8.34. The molecule has 4 atom stereocenters. The maximum atomic E-state index is 14.5. The molecule has 37 heavy (non-hydrogen) atoms. The van der Waals surface area contributed by atoms with Gasteiger partial charge in [0.2, 0.25) is 5.89 Å². The van der Waals surface area contributed by atoms with E-state index in [2.05, 4.69) is 23.2 Å². The minimum absolute atomic E-state index is 0.193. The Kier molecular flexibility index (Phi) is 8.43. The fraction of sp³-hybridized carbons (Fsp3) is 0.567. The van der Waals surface area contributed by atoms with Crippen molar-refractivity contribution in [3.8, 4) is 17.2 Å². The molecule has 0 saturated heterocycles. The molecule has 0 spiro atoms. The van der Waals surface area contributed by atoms with E-state index in [0.29, 0.717) is 29.7 Å². The van der Waals surface area contributed by atoms with Crippen LogP contribution in [0.4, 0.5) is 4.39 Å². The minimum atomic E-state index is -0.408. The zero-order valence-electron chi connectivity index (χ0n) is 21.9. The SMILES string of the molecule is CCc1cc(Cl)cnc1C1CCCCC(C2CC2CCOc2ccc(-c3nnc(C)o3)c(F)c2)CCC1. The first kappa shape index (κ1) is 26.1. The Morgan fingerprint density at radius 1 is 1.08 bits per heavy atom. The van der Waals surface area contributed by atoms with Gasteiger partial charge in [0.05, 0.1) is 17.2 Å². The predicted molar refractivity (Wildman–Crippen MR) is 143 cm³/mol. The lowest BCUT2D eigenvalue weighted by Crippen LogP contribution is -2.07. The van der Waals surface area contributed by atoms with Gasteiger partial charge >= 0.3 is 0 Å². The van der Waals surface area contributed by atoms with Crippen molar-refractivity contribution in [2.24, 2.45) is 17.8 Å². The molecule has 3 aromatic rings. The highest BCUT2D eigenvalue weighted by atomic mass is 35.5. The van der Waals surface area contributed by atoms with Gasteiger partial charge < -0.3 is 9.15 Å². The first-order chi connectivity index (χ1) is 18.0. The van der Waals surface area contributed by atoms with Crippen LogP contribution in [0, 0.1) is 30.5 Å². The molecule has 5 rings (SSSR count). The molecular weight excluding hydrogens is 489 g/mol. The van der Waals surface area contributed by atoms with Crippen molar-refractivity contribution in [3.05, 3.63) is 58.5 Å². The maximum absolute atomic E-state index is 14.5. The lowest BCUT2D eigenvalue weighted by molar-refractivity contribution is 0.285. The molecule has 0 amide bonds. The second kappa shape index (κ2) is 11.9. The molecule has 2 heterocycles. The number of hydrogen-bond donors (Lipinski definition) is 0. The molecule has 0 N–H and O–H groups in total. The number of aromatic nitrogens is 3. The second-order valence-corrected chi connectivity index (χ2v) is 11.2. The maximum Gasteiger partial charge on any atom is 0.250 e. The standard InChI is InChI=1S/C30H37ClFN3O2/c1-3-20-15-24(31)18-33-29(20)22-8-5-4-7-21(9-6-10-22)27-16-23(27)13-14-36-25-11-12-26(28(32)17-25)30-35-34-19(2)37-30/h11-12,15,17-18,21-23,27H,3-10,13-14,16H2,1-2H3. The smallest absolute Gasteiger partial charge is 0.250 e. The van der Waals surface area contributed by atoms with Crippen molar-refractivity contribution in [2.45, 2.75) is 84.0 Å². The number of halogens is 2. The molecule has 7 heteroatoms. The molecule has 0 radical (unpaired) electrons. The van der Waals surface area contributed by atoms with Gasteiger partial charge in [-0.1, -0.05) is 50.6 Å². The first-order valence-corrected chi connectivity index (χ1v) is 14.3. The summed E-state index contributed by atoms with van der Waals surface area (Å²) in [6, 6.07) is 6.93. The number of nitrogens with zero attached hydrogens (tertiary/aromatic N) is 3. The fourth-order valence-electron chi connectivity index (χ4n) is 6.23. The van der Waals surface area contributed by atoms with E-state index < -0.39 is 5.82 Å². The molecule has 2 aliphatic rings. The van der Waals surface area contributed by atoms with E-state index in [1.807, 2.05) is 6.20 Å². The summed E-state index contributed by atoms with van der Waals surface area (Å²) < 4.78 is 25.8. The van der Waals surface area contributed by atoms with Crippen molar-refractivity contribution >= 4 is 11.6 Å². The lowest BCUT2D eigenvalue weighted by Gasteiger charge is -2.19. The second-order valence-electron chi connectivity index (χ2n) is 10.8. The van der Waals surface area contributed by atoms with Crippen LogP contribution in [-0.2, 0) is 6.42 Å². The van der Waals surface area contributed by atoms with Gasteiger partial charge in [-0.2, -0.15) is 0 Å². The monoisotopic (exact) mass is 525 g/mol. The summed E-state index contributed by atoms with van der Waals surface area (Å²) >= 11 is 6.21. The van der Waals surface area contributed by atoms with Gasteiger partial charge in [-0.05, 0) is 73.6 Å². The van der Waals surface area contributed by atoms with Crippen LogP contribution < -0.4 is 4.74 Å². The van der Waals surface area contributed by atoms with E-state index in [0.717, 1.165) is 35.6 Å². The largest absolute Gasteiger partial charge is 0.493 e. The number of benzene rings is 1. The van der Waals surface area contributed by atoms with Crippen LogP contribution in [0.5, 0.6) is 5.75 Å². The molecule has 2 aliphatic carbocycles. The van der Waals surface area contributed by atoms with E-state index in [-0.39, 0.29) is 5.89 Å². The van der Waals surface area contributed by atoms with Crippen molar-refractivity contribution in [1.29, 1.82) is 0 Å². The van der Waals surface area contributed by atoms with E-state index in [4.69, 9.17) is 25.7 Å². The highest BCUT2D eigenvalue weighted by Gasteiger charge is 2.42. The summed E-state index contributed by atoms with van der Waals surface area (Å²) in [4.78, 5) is 4.76. The van der Waals surface area contributed by atoms with E-state index in [1.165, 1.54) is 68.7 Å². The van der Waals surface area contributed by atoms with Crippen molar-refractivity contribution < 1.29 is 13.5 Å². The number of ether oxygens (including phenoxy) is 1. The molecule has 2 fully saturated rings. The molecule has 0 bridgehead atoms. The van der Waals surface area contributed by atoms with Crippen LogP contribution in [-0.4, -0.2) is 21.8 Å². The molecular formula is C30H37ClFN3O2. The summed E-state index contributed by atoms with van der Waals surface area (Å²) in [5, 5.41) is 8.41. The zero-order chi connectivity index (χ0) is 25.8. The van der Waals surface area contributed by atoms with Gasteiger partial charge in [-0.15, -0.1) is 10.2 Å². The van der Waals surface area contributed by atoms with E-state index in [9.17, 15) is 4.39 Å². The molecule has 1 aromatic carbocycles. The number of rotatable bonds is 8. The summed E-state index contributed by atoms with van der Waals surface area (Å²) in [6.45, 7) is 4.50. The van der Waals surface area contributed by atoms with Crippen LogP contribution in [0.15, 0.2) is 34.9 Å². The van der Waals surface area contributed by atoms with E-state index in [1.54, 1.807) is 19.1 Å². The average molecular weight is 526 g/mol. The Morgan fingerprint density at radius 3 is 2.68 bits per heavy atom. The summed E-state index contributed by atoms with van der Waals surface area (Å²) in [5.74, 6) is 3.68. The topological polar surface area (TPSA) is 61.0 Å². The summed E-state index contributed by atoms with van der Waals surface area (Å²) in [5.41, 5.74) is 2.90. The normalized spacial score (nSPS) is 24.2. The van der Waals surface area contributed by atoms with Gasteiger partial charge in [0.15, 0.2) is 0 Å². The Balaban J connectivity index is 1.08. The van der Waals surface area contributed by atoms with Crippen LogP contribution >= 0.6 is 11.6 Å². The third-order valence-corrected chi connectivity index (χ3v) is 8.48. The third-order valence-electron chi connectivity index (χ3n) is 8.28. The molecule has 2 aromatic heterocycles. The Bertz CT molecular complexity index is 1200. The number of aryl methyl sites for hydroxylation is 2. The molecule has 198 valence electrons. The van der Waals surface area contributed by atoms with Crippen molar-refractivity contribution in [3.63, 3.8) is 0 Å². The highest BCUT2D eigenvalue weighted by molar-refractivity contribution is 6.30. The average Bonchev–Trinajstić information content (AvgIpc) is 3.49. The third kappa shape index (κ3) is 6.51. The van der Waals surface area contributed by atoms with Gasteiger partial charge in [0.1, 0.15) is 11.6 Å². The van der Waals surface area contributed by atoms with Crippen molar-refractivity contribution in [2.75, 3.05) is 6.61 Å². The Labute approximate surface area is 224 Å². The number of pyridine rings is 1. The Morgan fingerprint density at radius 2 is 1.89 bits per heavy atom. The van der Waals surface area contributed by atoms with Crippen LogP contribution in [0.1, 0.15) is 87.8 Å². The zero-order valence-corrected chi connectivity index (χ0v) is 22.6. The molecule has 0 aliphatic heterocycles. The van der Waals surface area contributed by atoms with Crippen LogP contribution in [0.25, 0.3) is 11.5 Å². The van der Waals surface area contributed by atoms with Crippen LogP contribution in [0.3, 0.4) is 0 Å². The summed E-state index contributed by atoms with van der Waals surface area (Å²) in [6.07, 6.45) is 14.1. The van der Waals surface area contributed by atoms with Gasteiger partial charge in [0, 0.05) is 30.8 Å². The van der Waals surface area contributed by atoms with Crippen LogP contribution in [0.2, 0.25) is 5.02 Å². The van der Waals surface area contributed by atoms with E-state index >= 15 is 0 Å².